The van der Waals surface area contributed by atoms with Gasteiger partial charge in [0.15, 0.2) is 5.82 Å². The van der Waals surface area contributed by atoms with E-state index < -0.39 is 0 Å². The second-order valence-electron chi connectivity index (χ2n) is 3.63. The number of nitrogens with one attached hydrogen (secondary N) is 1. The van der Waals surface area contributed by atoms with Gasteiger partial charge in [0.1, 0.15) is 11.6 Å². The number of anilines is 2. The number of nitrogens with zero attached hydrogens (tertiary/aromatic N) is 3. The molecule has 0 saturated heterocycles. The van der Waals surface area contributed by atoms with Crippen molar-refractivity contribution in [2.24, 2.45) is 5.92 Å². The van der Waals surface area contributed by atoms with Crippen molar-refractivity contribution >= 4 is 11.6 Å². The molecule has 0 radical (unpaired) electrons. The Morgan fingerprint density at radius 3 is 2.73 bits per heavy atom. The van der Waals surface area contributed by atoms with Crippen molar-refractivity contribution in [3.05, 3.63) is 5.82 Å². The number of aryl methyl sites for hydroxylation is 1. The van der Waals surface area contributed by atoms with Gasteiger partial charge in [-0.3, -0.25) is 0 Å². The van der Waals surface area contributed by atoms with Gasteiger partial charge in [-0.1, -0.05) is 0 Å². The van der Waals surface area contributed by atoms with Gasteiger partial charge in [0, 0.05) is 13.1 Å². The molecule has 1 unspecified atom stereocenters. The van der Waals surface area contributed by atoms with E-state index in [-0.39, 0.29) is 5.92 Å². The topological polar surface area (TPSA) is 81.7 Å². The van der Waals surface area contributed by atoms with Crippen molar-refractivity contribution in [1.29, 1.82) is 5.26 Å². The number of imidazole rings is 1. The number of hydrogen-bond acceptors (Lipinski definition) is 4. The standard InChI is InChI=1S/C10H17N5/c1-4-15(6-7(2)5-11)10-9(12)13-8(3)14-10/h7H,4,6,12H2,1-3H3,(H,13,14). The number of nitrogens with two attached hydrogens (primary N) is 1. The van der Waals surface area contributed by atoms with Crippen molar-refractivity contribution in [3.8, 4) is 6.07 Å². The van der Waals surface area contributed by atoms with Crippen LogP contribution in [0.3, 0.4) is 0 Å². The molecule has 0 saturated carbocycles. The summed E-state index contributed by atoms with van der Waals surface area (Å²) < 4.78 is 0. The number of nitriles is 1. The lowest BCUT2D eigenvalue weighted by atomic mass is 10.2. The van der Waals surface area contributed by atoms with Crippen LogP contribution in [0.15, 0.2) is 0 Å². The molecule has 82 valence electrons. The summed E-state index contributed by atoms with van der Waals surface area (Å²) in [5.74, 6) is 2.09. The molecule has 1 rings (SSSR count). The number of rotatable bonds is 4. The predicted molar refractivity (Wildman–Crippen MR) is 60.4 cm³/mol. The fourth-order valence-electron chi connectivity index (χ4n) is 1.48. The van der Waals surface area contributed by atoms with Gasteiger partial charge in [-0.25, -0.2) is 4.98 Å². The molecule has 1 aromatic heterocycles. The van der Waals surface area contributed by atoms with Gasteiger partial charge >= 0.3 is 0 Å². The highest BCUT2D eigenvalue weighted by Gasteiger charge is 2.14. The zero-order valence-electron chi connectivity index (χ0n) is 9.41. The minimum Gasteiger partial charge on any atom is -0.382 e. The minimum absolute atomic E-state index is 0.0265. The van der Waals surface area contributed by atoms with Gasteiger partial charge in [0.2, 0.25) is 0 Å². The molecule has 0 amide bonds. The molecule has 1 aromatic rings. The maximum absolute atomic E-state index is 8.76. The van der Waals surface area contributed by atoms with Crippen LogP contribution in [0.25, 0.3) is 0 Å². The summed E-state index contributed by atoms with van der Waals surface area (Å²) in [7, 11) is 0. The molecule has 0 bridgehead atoms. The molecule has 5 nitrogen and oxygen atoms in total. The van der Waals surface area contributed by atoms with Crippen molar-refractivity contribution in [2.45, 2.75) is 20.8 Å². The average Bonchev–Trinajstić information content (AvgIpc) is 2.54. The summed E-state index contributed by atoms with van der Waals surface area (Å²) in [6.45, 7) is 7.22. The first-order chi connectivity index (χ1) is 7.08. The average molecular weight is 207 g/mol. The van der Waals surface area contributed by atoms with Gasteiger partial charge in [-0.15, -0.1) is 0 Å². The third kappa shape index (κ3) is 2.62. The van der Waals surface area contributed by atoms with Crippen LogP contribution in [0.5, 0.6) is 0 Å². The Morgan fingerprint density at radius 2 is 2.33 bits per heavy atom. The van der Waals surface area contributed by atoms with Crippen LogP contribution >= 0.6 is 0 Å². The van der Waals surface area contributed by atoms with Crippen LogP contribution in [-0.2, 0) is 0 Å². The lowest BCUT2D eigenvalue weighted by Gasteiger charge is -2.21. The summed E-state index contributed by atoms with van der Waals surface area (Å²) in [5.41, 5.74) is 5.79. The van der Waals surface area contributed by atoms with E-state index in [1.807, 2.05) is 25.7 Å². The lowest BCUT2D eigenvalue weighted by Crippen LogP contribution is -2.28. The Hall–Kier alpha value is -1.70. The van der Waals surface area contributed by atoms with E-state index in [1.54, 1.807) is 0 Å². The fourth-order valence-corrected chi connectivity index (χ4v) is 1.48. The number of aromatic amines is 1. The fraction of sp³-hybridized carbons (Fsp3) is 0.600. The second kappa shape index (κ2) is 4.69. The molecule has 3 N–H and O–H groups in total. The summed E-state index contributed by atoms with van der Waals surface area (Å²) >= 11 is 0. The van der Waals surface area contributed by atoms with Crippen molar-refractivity contribution in [1.82, 2.24) is 9.97 Å². The van der Waals surface area contributed by atoms with Crippen LogP contribution in [-0.4, -0.2) is 23.1 Å². The molecule has 1 heterocycles. The van der Waals surface area contributed by atoms with Gasteiger partial charge in [-0.05, 0) is 20.8 Å². The monoisotopic (exact) mass is 207 g/mol. The van der Waals surface area contributed by atoms with Crippen LogP contribution in [0.4, 0.5) is 11.6 Å². The quantitative estimate of drug-likeness (QED) is 0.779. The Kier molecular flexibility index (Phi) is 3.56. The Bertz CT molecular complexity index is 362. The number of nitrogen functional groups attached to an aromatic ring is 1. The first-order valence-electron chi connectivity index (χ1n) is 5.05. The smallest absolute Gasteiger partial charge is 0.171 e. The molecule has 15 heavy (non-hydrogen) atoms. The zero-order chi connectivity index (χ0) is 11.4. The molecule has 0 spiro atoms. The molecule has 5 heteroatoms. The van der Waals surface area contributed by atoms with Gasteiger partial charge in [0.25, 0.3) is 0 Å². The highest BCUT2D eigenvalue weighted by Crippen LogP contribution is 2.20. The maximum Gasteiger partial charge on any atom is 0.171 e. The SMILES string of the molecule is CCN(CC(C)C#N)c1nc(C)[nH]c1N. The normalized spacial score (nSPS) is 12.1. The van der Waals surface area contributed by atoms with Crippen molar-refractivity contribution < 1.29 is 0 Å². The van der Waals surface area contributed by atoms with Crippen molar-refractivity contribution in [3.63, 3.8) is 0 Å². The van der Waals surface area contributed by atoms with Crippen molar-refractivity contribution in [2.75, 3.05) is 23.7 Å². The summed E-state index contributed by atoms with van der Waals surface area (Å²) in [4.78, 5) is 9.27. The summed E-state index contributed by atoms with van der Waals surface area (Å²) in [6, 6.07) is 2.21. The van der Waals surface area contributed by atoms with Gasteiger partial charge in [0.05, 0.1) is 12.0 Å². The van der Waals surface area contributed by atoms with Gasteiger partial charge in [-0.2, -0.15) is 5.26 Å². The second-order valence-corrected chi connectivity index (χ2v) is 3.63. The Balaban J connectivity index is 2.83. The van der Waals surface area contributed by atoms with E-state index in [0.717, 1.165) is 18.2 Å². The van der Waals surface area contributed by atoms with E-state index in [9.17, 15) is 0 Å². The molecule has 0 aliphatic heterocycles. The Labute approximate surface area is 89.9 Å². The molecular weight excluding hydrogens is 190 g/mol. The summed E-state index contributed by atoms with van der Waals surface area (Å²) in [6.07, 6.45) is 0. The molecular formula is C10H17N5. The van der Waals surface area contributed by atoms with E-state index in [0.29, 0.717) is 12.4 Å². The highest BCUT2D eigenvalue weighted by molar-refractivity contribution is 5.59. The van der Waals surface area contributed by atoms with E-state index in [2.05, 4.69) is 16.0 Å². The predicted octanol–water partition coefficient (Wildman–Crippen LogP) is 1.29. The summed E-state index contributed by atoms with van der Waals surface area (Å²) in [5, 5.41) is 8.76. The molecule has 0 fully saturated rings. The third-order valence-electron chi connectivity index (χ3n) is 2.23. The molecule has 0 aliphatic rings. The first-order valence-corrected chi connectivity index (χ1v) is 5.05. The largest absolute Gasteiger partial charge is 0.382 e. The van der Waals surface area contributed by atoms with E-state index >= 15 is 0 Å². The molecule has 0 aliphatic carbocycles. The van der Waals surface area contributed by atoms with Gasteiger partial charge < -0.3 is 15.6 Å². The Morgan fingerprint density at radius 1 is 1.67 bits per heavy atom. The van der Waals surface area contributed by atoms with Crippen LogP contribution < -0.4 is 10.6 Å². The third-order valence-corrected chi connectivity index (χ3v) is 2.23. The van der Waals surface area contributed by atoms with Crippen LogP contribution in [0, 0.1) is 24.2 Å². The lowest BCUT2D eigenvalue weighted by molar-refractivity contribution is 0.681. The highest BCUT2D eigenvalue weighted by atomic mass is 15.2. The maximum atomic E-state index is 8.76. The minimum atomic E-state index is -0.0265. The molecule has 1 atom stereocenters. The first kappa shape index (κ1) is 11.4. The van der Waals surface area contributed by atoms with Crippen LogP contribution in [0.2, 0.25) is 0 Å². The number of aromatic nitrogens is 2. The number of H-pyrrole nitrogens is 1. The zero-order valence-corrected chi connectivity index (χ0v) is 9.41. The van der Waals surface area contributed by atoms with E-state index in [1.165, 1.54) is 0 Å². The van der Waals surface area contributed by atoms with E-state index in [4.69, 9.17) is 11.0 Å². The molecule has 0 aromatic carbocycles. The van der Waals surface area contributed by atoms with Crippen LogP contribution in [0.1, 0.15) is 19.7 Å². The number of hydrogen-bond donors (Lipinski definition) is 2.